The smallest absolute Gasteiger partial charge is 0.251 e. The number of hydrogen-bond donors (Lipinski definition) is 1. The molecule has 2 aromatic heterocycles. The number of hydrogen-bond acceptors (Lipinski definition) is 5. The van der Waals surface area contributed by atoms with E-state index in [0.29, 0.717) is 24.5 Å². The molecule has 7 nitrogen and oxygen atoms in total. The van der Waals surface area contributed by atoms with E-state index in [9.17, 15) is 4.79 Å². The molecule has 2 heterocycles. The Kier molecular flexibility index (Phi) is 5.40. The topological polar surface area (TPSA) is 81.9 Å². The molecule has 128 valence electrons. The maximum absolute atomic E-state index is 12.3. The highest BCUT2D eigenvalue weighted by Crippen LogP contribution is 2.22. The molecule has 0 radical (unpaired) electrons. The van der Waals surface area contributed by atoms with Gasteiger partial charge in [0.05, 0.1) is 0 Å². The van der Waals surface area contributed by atoms with Crippen LogP contribution in [0.3, 0.4) is 0 Å². The lowest BCUT2D eigenvalue weighted by molar-refractivity contribution is 0.0950. The first kappa shape index (κ1) is 16.4. The van der Waals surface area contributed by atoms with Crippen LogP contribution in [0.2, 0.25) is 0 Å². The first-order valence-corrected chi connectivity index (χ1v) is 8.48. The van der Waals surface area contributed by atoms with E-state index in [4.69, 9.17) is 4.74 Å². The summed E-state index contributed by atoms with van der Waals surface area (Å²) in [7, 11) is 0. The predicted molar refractivity (Wildman–Crippen MR) is 88.8 cm³/mol. The number of rotatable bonds is 6. The van der Waals surface area contributed by atoms with E-state index in [0.717, 1.165) is 18.7 Å². The maximum atomic E-state index is 12.3. The van der Waals surface area contributed by atoms with Crippen molar-refractivity contribution in [3.8, 4) is 5.88 Å². The van der Waals surface area contributed by atoms with Crippen molar-refractivity contribution >= 4 is 5.91 Å². The van der Waals surface area contributed by atoms with Crippen molar-refractivity contribution in [2.24, 2.45) is 0 Å². The third-order valence-corrected chi connectivity index (χ3v) is 4.28. The minimum absolute atomic E-state index is 0.128. The number of nitrogens with one attached hydrogen (secondary N) is 1. The number of pyridine rings is 1. The lowest BCUT2D eigenvalue weighted by Gasteiger charge is -2.22. The molecule has 2 aromatic rings. The highest BCUT2D eigenvalue weighted by Gasteiger charge is 2.16. The first-order valence-electron chi connectivity index (χ1n) is 8.48. The monoisotopic (exact) mass is 329 g/mol. The van der Waals surface area contributed by atoms with Gasteiger partial charge < -0.3 is 14.6 Å². The fourth-order valence-electron chi connectivity index (χ4n) is 2.89. The number of aromatic nitrogens is 4. The van der Waals surface area contributed by atoms with Crippen LogP contribution in [0.4, 0.5) is 0 Å². The van der Waals surface area contributed by atoms with Crippen LogP contribution in [0.25, 0.3) is 0 Å². The van der Waals surface area contributed by atoms with Crippen LogP contribution < -0.4 is 10.1 Å². The van der Waals surface area contributed by atoms with E-state index in [1.54, 1.807) is 24.7 Å². The number of aryl methyl sites for hydroxylation is 1. The van der Waals surface area contributed by atoms with Crippen LogP contribution in [0.15, 0.2) is 24.7 Å². The van der Waals surface area contributed by atoms with Gasteiger partial charge in [0.25, 0.3) is 5.91 Å². The summed E-state index contributed by atoms with van der Waals surface area (Å²) < 4.78 is 7.81. The summed E-state index contributed by atoms with van der Waals surface area (Å²) in [6, 6.07) is 3.42. The minimum Gasteiger partial charge on any atom is -0.474 e. The molecule has 1 saturated carbocycles. The van der Waals surface area contributed by atoms with Crippen LogP contribution in [-0.2, 0) is 6.54 Å². The molecule has 24 heavy (non-hydrogen) atoms. The van der Waals surface area contributed by atoms with Gasteiger partial charge in [0.1, 0.15) is 18.3 Å². The van der Waals surface area contributed by atoms with Crippen molar-refractivity contribution in [3.05, 3.63) is 36.0 Å². The molecular weight excluding hydrogens is 306 g/mol. The summed E-state index contributed by atoms with van der Waals surface area (Å²) in [5.74, 6) is 1.23. The Morgan fingerprint density at radius 2 is 2.21 bits per heavy atom. The lowest BCUT2D eigenvalue weighted by atomic mass is 9.98. The summed E-state index contributed by atoms with van der Waals surface area (Å²) in [6.45, 7) is 3.03. The molecule has 1 N–H and O–H groups in total. The minimum atomic E-state index is -0.128. The van der Waals surface area contributed by atoms with Gasteiger partial charge in [-0.15, -0.1) is 10.2 Å². The van der Waals surface area contributed by atoms with Crippen LogP contribution in [0.5, 0.6) is 5.88 Å². The Labute approximate surface area is 141 Å². The molecule has 1 aliphatic rings. The first-order chi connectivity index (χ1) is 11.7. The second-order valence-electron chi connectivity index (χ2n) is 6.09. The Bertz CT molecular complexity index is 679. The van der Waals surface area contributed by atoms with Crippen molar-refractivity contribution in [2.75, 3.05) is 6.54 Å². The zero-order valence-electron chi connectivity index (χ0n) is 13.9. The molecule has 0 saturated heterocycles. The summed E-state index contributed by atoms with van der Waals surface area (Å²) in [4.78, 5) is 16.5. The molecule has 0 unspecified atom stereocenters. The molecular formula is C17H23N5O2. The highest BCUT2D eigenvalue weighted by atomic mass is 16.5. The molecule has 0 aromatic carbocycles. The predicted octanol–water partition coefficient (Wildman–Crippen LogP) is 2.12. The highest BCUT2D eigenvalue weighted by molar-refractivity contribution is 5.94. The average molecular weight is 329 g/mol. The molecule has 0 spiro atoms. The molecule has 1 fully saturated rings. The van der Waals surface area contributed by atoms with Crippen molar-refractivity contribution in [1.29, 1.82) is 0 Å². The van der Waals surface area contributed by atoms with E-state index in [-0.39, 0.29) is 12.0 Å². The van der Waals surface area contributed by atoms with Gasteiger partial charge in [0.2, 0.25) is 5.88 Å². The summed E-state index contributed by atoms with van der Waals surface area (Å²) in [5.41, 5.74) is 0.566. The third-order valence-electron chi connectivity index (χ3n) is 4.28. The average Bonchev–Trinajstić information content (AvgIpc) is 3.01. The number of nitrogens with zero attached hydrogens (tertiary/aromatic N) is 4. The fourth-order valence-corrected chi connectivity index (χ4v) is 2.89. The Balaban J connectivity index is 1.52. The van der Waals surface area contributed by atoms with E-state index >= 15 is 0 Å². The summed E-state index contributed by atoms with van der Waals surface area (Å²) >= 11 is 0. The van der Waals surface area contributed by atoms with Gasteiger partial charge in [0, 0.05) is 30.9 Å². The normalized spacial score (nSPS) is 15.2. The second-order valence-corrected chi connectivity index (χ2v) is 6.09. The quantitative estimate of drug-likeness (QED) is 0.878. The van der Waals surface area contributed by atoms with E-state index in [1.807, 2.05) is 11.5 Å². The van der Waals surface area contributed by atoms with Crippen molar-refractivity contribution < 1.29 is 9.53 Å². The van der Waals surface area contributed by atoms with Crippen molar-refractivity contribution in [1.82, 2.24) is 25.1 Å². The van der Waals surface area contributed by atoms with E-state index in [1.165, 1.54) is 19.3 Å². The van der Waals surface area contributed by atoms with Crippen LogP contribution in [0, 0.1) is 6.92 Å². The summed E-state index contributed by atoms with van der Waals surface area (Å²) in [6.07, 6.45) is 9.32. The van der Waals surface area contributed by atoms with Crippen molar-refractivity contribution in [2.45, 2.75) is 51.7 Å². The fraction of sp³-hybridized carbons (Fsp3) is 0.529. The van der Waals surface area contributed by atoms with Crippen LogP contribution in [-0.4, -0.2) is 38.3 Å². The zero-order chi connectivity index (χ0) is 16.8. The molecule has 0 bridgehead atoms. The van der Waals surface area contributed by atoms with E-state index in [2.05, 4.69) is 20.5 Å². The maximum Gasteiger partial charge on any atom is 0.251 e. The van der Waals surface area contributed by atoms with Crippen LogP contribution in [0.1, 0.15) is 48.3 Å². The lowest BCUT2D eigenvalue weighted by Crippen LogP contribution is -2.27. The molecule has 1 aliphatic carbocycles. The largest absolute Gasteiger partial charge is 0.474 e. The second kappa shape index (κ2) is 7.90. The molecule has 0 aliphatic heterocycles. The van der Waals surface area contributed by atoms with Gasteiger partial charge >= 0.3 is 0 Å². The van der Waals surface area contributed by atoms with Crippen molar-refractivity contribution in [3.63, 3.8) is 0 Å². The van der Waals surface area contributed by atoms with Crippen LogP contribution >= 0.6 is 0 Å². The van der Waals surface area contributed by atoms with Gasteiger partial charge in [-0.25, -0.2) is 4.98 Å². The SMILES string of the molecule is Cc1nncn1CCNC(=O)c1ccnc(OC2CCCCC2)c1. The zero-order valence-corrected chi connectivity index (χ0v) is 13.9. The third kappa shape index (κ3) is 4.31. The summed E-state index contributed by atoms with van der Waals surface area (Å²) in [5, 5.41) is 10.6. The Morgan fingerprint density at radius 1 is 1.38 bits per heavy atom. The molecule has 0 atom stereocenters. The van der Waals surface area contributed by atoms with Gasteiger partial charge in [-0.3, -0.25) is 4.79 Å². The Hall–Kier alpha value is -2.44. The van der Waals surface area contributed by atoms with E-state index < -0.39 is 0 Å². The molecule has 7 heteroatoms. The van der Waals surface area contributed by atoms with Gasteiger partial charge in [0.15, 0.2) is 0 Å². The number of carbonyl (C=O) groups excluding carboxylic acids is 1. The van der Waals surface area contributed by atoms with Gasteiger partial charge in [-0.05, 0) is 38.7 Å². The standard InChI is InChI=1S/C17H23N5O2/c1-13-21-20-12-22(13)10-9-19-17(23)14-7-8-18-16(11-14)24-15-5-3-2-4-6-15/h7-8,11-12,15H,2-6,9-10H2,1H3,(H,19,23). The molecule has 3 rings (SSSR count). The number of amides is 1. The van der Waals surface area contributed by atoms with Gasteiger partial charge in [-0.2, -0.15) is 0 Å². The van der Waals surface area contributed by atoms with Gasteiger partial charge in [-0.1, -0.05) is 6.42 Å². The molecule has 1 amide bonds. The number of carbonyl (C=O) groups is 1. The Morgan fingerprint density at radius 3 is 2.96 bits per heavy atom. The number of ether oxygens (including phenoxy) is 1.